The molecule has 2 aromatic rings. The van der Waals surface area contributed by atoms with Crippen molar-refractivity contribution in [2.24, 2.45) is 0 Å². The molecule has 0 aromatic heterocycles. The molecule has 1 aliphatic rings. The molecule has 32 heavy (non-hydrogen) atoms. The van der Waals surface area contributed by atoms with E-state index in [0.29, 0.717) is 17.3 Å². The highest BCUT2D eigenvalue weighted by molar-refractivity contribution is 7.90. The molecule has 0 bridgehead atoms. The Morgan fingerprint density at radius 2 is 1.81 bits per heavy atom. The van der Waals surface area contributed by atoms with Gasteiger partial charge in [-0.25, -0.2) is 12.7 Å². The number of hydrogen-bond donors (Lipinski definition) is 1. The van der Waals surface area contributed by atoms with Crippen LogP contribution in [0, 0.1) is 6.92 Å². The van der Waals surface area contributed by atoms with Crippen LogP contribution in [0.15, 0.2) is 53.4 Å². The fourth-order valence-corrected chi connectivity index (χ4v) is 5.34. The lowest BCUT2D eigenvalue weighted by Gasteiger charge is -2.31. The van der Waals surface area contributed by atoms with Crippen LogP contribution in [0.1, 0.15) is 41.8 Å². The zero-order chi connectivity index (χ0) is 23.5. The standard InChI is InChI=1S/C23H27N3O5S/c1-4-19(22(28)24-5-2)25(14-17-10-8-9-16(3)13-17)21(27)15-26-23(29)18-11-6-7-12-20(18)32(26,30)31/h6-13,19H,4-5,14-15H2,1-3H3,(H,24,28). The first-order valence-corrected chi connectivity index (χ1v) is 11.9. The molecule has 1 unspecified atom stereocenters. The Labute approximate surface area is 188 Å². The van der Waals surface area contributed by atoms with E-state index in [4.69, 9.17) is 0 Å². The van der Waals surface area contributed by atoms with E-state index in [0.717, 1.165) is 11.1 Å². The van der Waals surface area contributed by atoms with Gasteiger partial charge in [0, 0.05) is 13.1 Å². The molecule has 0 spiro atoms. The minimum Gasteiger partial charge on any atom is -0.355 e. The minimum atomic E-state index is -4.13. The smallest absolute Gasteiger partial charge is 0.269 e. The van der Waals surface area contributed by atoms with E-state index in [-0.39, 0.29) is 22.9 Å². The number of amides is 3. The number of nitrogens with one attached hydrogen (secondary N) is 1. The lowest BCUT2D eigenvalue weighted by Crippen LogP contribution is -2.52. The van der Waals surface area contributed by atoms with Crippen molar-refractivity contribution < 1.29 is 22.8 Å². The molecule has 0 fully saturated rings. The molecule has 3 amide bonds. The Bertz CT molecular complexity index is 1150. The fourth-order valence-electron chi connectivity index (χ4n) is 3.82. The van der Waals surface area contributed by atoms with Crippen molar-refractivity contribution in [1.82, 2.24) is 14.5 Å². The summed E-state index contributed by atoms with van der Waals surface area (Å²) in [6.07, 6.45) is 0.338. The zero-order valence-electron chi connectivity index (χ0n) is 18.4. The number of nitrogens with zero attached hydrogens (tertiary/aromatic N) is 2. The Morgan fingerprint density at radius 1 is 1.09 bits per heavy atom. The van der Waals surface area contributed by atoms with Crippen LogP contribution in [-0.4, -0.2) is 54.5 Å². The summed E-state index contributed by atoms with van der Waals surface area (Å²) >= 11 is 0. The van der Waals surface area contributed by atoms with Gasteiger partial charge in [-0.05, 0) is 38.0 Å². The minimum absolute atomic E-state index is 0.0429. The van der Waals surface area contributed by atoms with E-state index in [1.54, 1.807) is 19.9 Å². The number of aryl methyl sites for hydroxylation is 1. The second-order valence-electron chi connectivity index (χ2n) is 7.64. The van der Waals surface area contributed by atoms with Gasteiger partial charge < -0.3 is 10.2 Å². The first kappa shape index (κ1) is 23.5. The second kappa shape index (κ2) is 9.52. The number of benzene rings is 2. The predicted molar refractivity (Wildman–Crippen MR) is 119 cm³/mol. The molecule has 8 nitrogen and oxygen atoms in total. The second-order valence-corrected chi connectivity index (χ2v) is 9.47. The van der Waals surface area contributed by atoms with Gasteiger partial charge in [0.15, 0.2) is 0 Å². The molecule has 1 N–H and O–H groups in total. The summed E-state index contributed by atoms with van der Waals surface area (Å²) in [5.41, 5.74) is 1.84. The molecule has 9 heteroatoms. The number of carbonyl (C=O) groups is 3. The molecule has 0 saturated carbocycles. The maximum atomic E-state index is 13.4. The largest absolute Gasteiger partial charge is 0.355 e. The van der Waals surface area contributed by atoms with Crippen molar-refractivity contribution in [3.8, 4) is 0 Å². The quantitative estimate of drug-likeness (QED) is 0.654. The van der Waals surface area contributed by atoms with E-state index in [9.17, 15) is 22.8 Å². The molecule has 2 aromatic carbocycles. The summed E-state index contributed by atoms with van der Waals surface area (Å²) < 4.78 is 26.4. The molecule has 1 aliphatic heterocycles. The zero-order valence-corrected chi connectivity index (χ0v) is 19.2. The molecule has 0 radical (unpaired) electrons. The van der Waals surface area contributed by atoms with Gasteiger partial charge in [0.25, 0.3) is 15.9 Å². The van der Waals surface area contributed by atoms with Crippen LogP contribution in [0.4, 0.5) is 0 Å². The summed E-state index contributed by atoms with van der Waals surface area (Å²) in [4.78, 5) is 40.0. The SMILES string of the molecule is CCNC(=O)C(CC)N(Cc1cccc(C)c1)C(=O)CN1C(=O)c2ccccc2S1(=O)=O. The number of fused-ring (bicyclic) bond motifs is 1. The van der Waals surface area contributed by atoms with Crippen molar-refractivity contribution in [3.05, 3.63) is 65.2 Å². The molecule has 170 valence electrons. The Morgan fingerprint density at radius 3 is 2.44 bits per heavy atom. The Balaban J connectivity index is 1.93. The number of sulfonamides is 1. The highest BCUT2D eigenvalue weighted by Gasteiger charge is 2.43. The Kier molecular flexibility index (Phi) is 6.98. The summed E-state index contributed by atoms with van der Waals surface area (Å²) in [6.45, 7) is 5.33. The van der Waals surface area contributed by atoms with Gasteiger partial charge in [0.05, 0.1) is 5.56 Å². The maximum absolute atomic E-state index is 13.4. The maximum Gasteiger partial charge on any atom is 0.269 e. The van der Waals surface area contributed by atoms with Crippen molar-refractivity contribution in [1.29, 1.82) is 0 Å². The fraction of sp³-hybridized carbons (Fsp3) is 0.348. The van der Waals surface area contributed by atoms with Crippen LogP contribution in [0.5, 0.6) is 0 Å². The highest BCUT2D eigenvalue weighted by Crippen LogP contribution is 2.30. The number of carbonyl (C=O) groups excluding carboxylic acids is 3. The molecular formula is C23H27N3O5S. The van der Waals surface area contributed by atoms with Gasteiger partial charge in [0.1, 0.15) is 17.5 Å². The number of hydrogen-bond acceptors (Lipinski definition) is 5. The van der Waals surface area contributed by atoms with Crippen LogP contribution < -0.4 is 5.32 Å². The van der Waals surface area contributed by atoms with Gasteiger partial charge >= 0.3 is 0 Å². The van der Waals surface area contributed by atoms with E-state index < -0.39 is 34.4 Å². The van der Waals surface area contributed by atoms with E-state index in [1.807, 2.05) is 31.2 Å². The third-order valence-electron chi connectivity index (χ3n) is 5.36. The third-order valence-corrected chi connectivity index (χ3v) is 7.15. The van der Waals surface area contributed by atoms with Gasteiger partial charge in [0.2, 0.25) is 11.8 Å². The average Bonchev–Trinajstić information content (AvgIpc) is 2.94. The van der Waals surface area contributed by atoms with Gasteiger partial charge in [-0.3, -0.25) is 14.4 Å². The molecule has 0 saturated heterocycles. The van der Waals surface area contributed by atoms with Crippen molar-refractivity contribution >= 4 is 27.7 Å². The summed E-state index contributed by atoms with van der Waals surface area (Å²) in [7, 11) is -4.13. The summed E-state index contributed by atoms with van der Waals surface area (Å²) in [6, 6.07) is 12.6. The van der Waals surface area contributed by atoms with Crippen molar-refractivity contribution in [3.63, 3.8) is 0 Å². The van der Waals surface area contributed by atoms with E-state index in [2.05, 4.69) is 5.32 Å². The molecule has 1 heterocycles. The predicted octanol–water partition coefficient (Wildman–Crippen LogP) is 2.08. The average molecular weight is 458 g/mol. The van der Waals surface area contributed by atoms with Crippen LogP contribution in [0.3, 0.4) is 0 Å². The topological polar surface area (TPSA) is 104 Å². The van der Waals surface area contributed by atoms with Crippen LogP contribution in [0.25, 0.3) is 0 Å². The number of rotatable bonds is 8. The lowest BCUT2D eigenvalue weighted by atomic mass is 10.1. The molecule has 1 atom stereocenters. The van der Waals surface area contributed by atoms with Crippen molar-refractivity contribution in [2.45, 2.75) is 44.7 Å². The third kappa shape index (κ3) is 4.52. The van der Waals surface area contributed by atoms with E-state index >= 15 is 0 Å². The first-order valence-electron chi connectivity index (χ1n) is 10.5. The van der Waals surface area contributed by atoms with Crippen molar-refractivity contribution in [2.75, 3.05) is 13.1 Å². The summed E-state index contributed by atoms with van der Waals surface area (Å²) in [5.74, 6) is -1.68. The van der Waals surface area contributed by atoms with Crippen LogP contribution >= 0.6 is 0 Å². The molecule has 3 rings (SSSR count). The molecule has 0 aliphatic carbocycles. The lowest BCUT2D eigenvalue weighted by molar-refractivity contribution is -0.141. The van der Waals surface area contributed by atoms with Crippen LogP contribution in [-0.2, 0) is 26.2 Å². The van der Waals surface area contributed by atoms with E-state index in [1.165, 1.54) is 23.1 Å². The molecular weight excluding hydrogens is 430 g/mol. The monoisotopic (exact) mass is 457 g/mol. The normalized spacial score (nSPS) is 15.2. The number of likely N-dealkylation sites (N-methyl/N-ethyl adjacent to an activating group) is 1. The Hall–Kier alpha value is -3.20. The van der Waals surface area contributed by atoms with Crippen LogP contribution in [0.2, 0.25) is 0 Å². The van der Waals surface area contributed by atoms with Gasteiger partial charge in [-0.1, -0.05) is 48.9 Å². The van der Waals surface area contributed by atoms with Gasteiger partial charge in [-0.15, -0.1) is 0 Å². The summed E-state index contributed by atoms with van der Waals surface area (Å²) in [5, 5.41) is 2.73. The highest BCUT2D eigenvalue weighted by atomic mass is 32.2. The van der Waals surface area contributed by atoms with Gasteiger partial charge in [-0.2, -0.15) is 0 Å². The first-order chi connectivity index (χ1) is 15.2.